The fourth-order valence-electron chi connectivity index (χ4n) is 4.81. The van der Waals surface area contributed by atoms with Gasteiger partial charge in [0.15, 0.2) is 0 Å². The molecular weight excluding hydrogens is 617 g/mol. The highest BCUT2D eigenvalue weighted by Gasteiger charge is 2.34. The second-order valence-electron chi connectivity index (χ2n) is 10.4. The van der Waals surface area contributed by atoms with E-state index in [2.05, 4.69) is 5.32 Å². The average molecular weight is 652 g/mol. The number of nitrogens with zero attached hydrogens (tertiary/aromatic N) is 2. The van der Waals surface area contributed by atoms with Gasteiger partial charge < -0.3 is 15.0 Å². The zero-order valence-electron chi connectivity index (χ0n) is 25.2. The number of rotatable bonds is 13. The Morgan fingerprint density at radius 2 is 1.60 bits per heavy atom. The Bertz CT molecular complexity index is 1720. The highest BCUT2D eigenvalue weighted by atomic mass is 35.5. The van der Waals surface area contributed by atoms with Crippen molar-refractivity contribution in [3.05, 3.63) is 125 Å². The molecule has 4 aromatic rings. The fraction of sp³-hybridized carbons (Fsp3) is 0.235. The van der Waals surface area contributed by atoms with Crippen molar-refractivity contribution in [1.82, 2.24) is 10.2 Å². The van der Waals surface area contributed by atoms with Crippen molar-refractivity contribution < 1.29 is 27.1 Å². The number of hydrogen-bond donors (Lipinski definition) is 1. The zero-order valence-corrected chi connectivity index (χ0v) is 26.8. The Kier molecular flexibility index (Phi) is 11.2. The smallest absolute Gasteiger partial charge is 0.264 e. The van der Waals surface area contributed by atoms with E-state index in [-0.39, 0.29) is 28.6 Å². The molecule has 1 N–H and O–H groups in total. The summed E-state index contributed by atoms with van der Waals surface area (Å²) >= 11 is 6.40. The molecule has 0 aliphatic carbocycles. The quantitative estimate of drug-likeness (QED) is 0.198. The van der Waals surface area contributed by atoms with Crippen LogP contribution in [-0.4, -0.2) is 51.4 Å². The van der Waals surface area contributed by atoms with E-state index in [0.29, 0.717) is 17.9 Å². The first-order valence-corrected chi connectivity index (χ1v) is 16.1. The third-order valence-electron chi connectivity index (χ3n) is 7.20. The second-order valence-corrected chi connectivity index (χ2v) is 12.7. The minimum Gasteiger partial charge on any atom is -0.495 e. The molecule has 0 fully saturated rings. The molecular formula is C34H35ClFN3O5S. The van der Waals surface area contributed by atoms with Gasteiger partial charge in [0.25, 0.3) is 10.0 Å². The first-order chi connectivity index (χ1) is 21.5. The number of anilines is 1. The summed E-state index contributed by atoms with van der Waals surface area (Å²) < 4.78 is 48.2. The SMILES string of the molecule is CCNC(=O)[C@@H](Cc1ccccc1)N(Cc1ccc(F)cc1)C(=O)CN(c1ccc(OC)c(Cl)c1)S(=O)(=O)c1ccc(C)cc1. The Morgan fingerprint density at radius 3 is 2.20 bits per heavy atom. The van der Waals surface area contributed by atoms with Gasteiger partial charge >= 0.3 is 0 Å². The number of benzene rings is 4. The molecule has 4 aromatic carbocycles. The lowest BCUT2D eigenvalue weighted by Gasteiger charge is -2.34. The van der Waals surface area contributed by atoms with Gasteiger partial charge in [0, 0.05) is 19.5 Å². The molecule has 2 amide bonds. The molecule has 0 aromatic heterocycles. The van der Waals surface area contributed by atoms with Gasteiger partial charge in [0.1, 0.15) is 24.2 Å². The largest absolute Gasteiger partial charge is 0.495 e. The normalized spacial score (nSPS) is 11.8. The zero-order chi connectivity index (χ0) is 32.6. The summed E-state index contributed by atoms with van der Waals surface area (Å²) in [5.74, 6) is -1.17. The lowest BCUT2D eigenvalue weighted by Crippen LogP contribution is -2.53. The second kappa shape index (κ2) is 15.0. The van der Waals surface area contributed by atoms with Crippen molar-refractivity contribution in [3.63, 3.8) is 0 Å². The van der Waals surface area contributed by atoms with Crippen LogP contribution in [-0.2, 0) is 32.6 Å². The third-order valence-corrected chi connectivity index (χ3v) is 9.28. The van der Waals surface area contributed by atoms with E-state index in [1.54, 1.807) is 19.1 Å². The molecule has 11 heteroatoms. The van der Waals surface area contributed by atoms with E-state index in [4.69, 9.17) is 16.3 Å². The van der Waals surface area contributed by atoms with Crippen LogP contribution >= 0.6 is 11.6 Å². The molecule has 8 nitrogen and oxygen atoms in total. The lowest BCUT2D eigenvalue weighted by atomic mass is 10.0. The summed E-state index contributed by atoms with van der Waals surface area (Å²) in [6, 6.07) is 24.5. The summed E-state index contributed by atoms with van der Waals surface area (Å²) in [7, 11) is -2.86. The number of carbonyl (C=O) groups is 2. The molecule has 0 bridgehead atoms. The van der Waals surface area contributed by atoms with E-state index in [1.165, 1.54) is 66.6 Å². The molecule has 0 spiro atoms. The summed E-state index contributed by atoms with van der Waals surface area (Å²) in [4.78, 5) is 29.2. The van der Waals surface area contributed by atoms with Gasteiger partial charge in [-0.3, -0.25) is 13.9 Å². The number of aryl methyl sites for hydroxylation is 1. The summed E-state index contributed by atoms with van der Waals surface area (Å²) in [6.07, 6.45) is 0.165. The summed E-state index contributed by atoms with van der Waals surface area (Å²) in [6.45, 7) is 3.21. The molecule has 0 aliphatic rings. The molecule has 0 aliphatic heterocycles. The number of hydrogen-bond acceptors (Lipinski definition) is 5. The first kappa shape index (κ1) is 33.5. The van der Waals surface area contributed by atoms with E-state index < -0.39 is 40.2 Å². The van der Waals surface area contributed by atoms with Gasteiger partial charge in [-0.05, 0) is 67.4 Å². The maximum atomic E-state index is 14.4. The maximum absolute atomic E-state index is 14.4. The molecule has 0 saturated carbocycles. The minimum absolute atomic E-state index is 0.0255. The average Bonchev–Trinajstić information content (AvgIpc) is 3.03. The predicted octanol–water partition coefficient (Wildman–Crippen LogP) is 5.77. The van der Waals surface area contributed by atoms with Gasteiger partial charge in [-0.25, -0.2) is 12.8 Å². The number of ether oxygens (including phenoxy) is 1. The predicted molar refractivity (Wildman–Crippen MR) is 173 cm³/mol. The Morgan fingerprint density at radius 1 is 0.933 bits per heavy atom. The van der Waals surface area contributed by atoms with Crippen LogP contribution in [0.2, 0.25) is 5.02 Å². The number of halogens is 2. The number of carbonyl (C=O) groups excluding carboxylic acids is 2. The highest BCUT2D eigenvalue weighted by Crippen LogP contribution is 2.32. The maximum Gasteiger partial charge on any atom is 0.264 e. The minimum atomic E-state index is -4.29. The molecule has 0 saturated heterocycles. The molecule has 45 heavy (non-hydrogen) atoms. The standard InChI is InChI=1S/C34H35ClFN3O5S/c1-4-37-34(41)31(20-25-8-6-5-7-9-25)38(22-26-12-14-27(36)15-13-26)33(40)23-39(28-16-19-32(44-3)30(35)21-28)45(42,43)29-17-10-24(2)11-18-29/h5-19,21,31H,4,20,22-23H2,1-3H3,(H,37,41)/t31-/m1/s1. The number of methoxy groups -OCH3 is 1. The van der Waals surface area contributed by atoms with Crippen molar-refractivity contribution in [3.8, 4) is 5.75 Å². The van der Waals surface area contributed by atoms with Gasteiger partial charge in [-0.1, -0.05) is 71.8 Å². The number of sulfonamides is 1. The molecule has 236 valence electrons. The molecule has 0 heterocycles. The van der Waals surface area contributed by atoms with Crippen LogP contribution in [0.1, 0.15) is 23.6 Å². The number of nitrogens with one attached hydrogen (secondary N) is 1. The fourth-order valence-corrected chi connectivity index (χ4v) is 6.47. The summed E-state index contributed by atoms with van der Waals surface area (Å²) in [5.41, 5.74) is 2.36. The van der Waals surface area contributed by atoms with Gasteiger partial charge in [0.2, 0.25) is 11.8 Å². The van der Waals surface area contributed by atoms with Gasteiger partial charge in [-0.2, -0.15) is 0 Å². The van der Waals surface area contributed by atoms with Crippen molar-refractivity contribution in [2.75, 3.05) is 24.5 Å². The van der Waals surface area contributed by atoms with Crippen molar-refractivity contribution in [1.29, 1.82) is 0 Å². The molecule has 4 rings (SSSR count). The summed E-state index contributed by atoms with van der Waals surface area (Å²) in [5, 5.41) is 2.96. The van der Waals surface area contributed by atoms with Crippen molar-refractivity contribution in [2.24, 2.45) is 0 Å². The van der Waals surface area contributed by atoms with Crippen LogP contribution in [0.5, 0.6) is 5.75 Å². The topological polar surface area (TPSA) is 96.0 Å². The van der Waals surface area contributed by atoms with Crippen LogP contribution in [0.15, 0.2) is 102 Å². The molecule has 1 atom stereocenters. The first-order valence-electron chi connectivity index (χ1n) is 14.3. The van der Waals surface area contributed by atoms with Crippen molar-refractivity contribution in [2.45, 2.75) is 37.8 Å². The number of amides is 2. The highest BCUT2D eigenvalue weighted by molar-refractivity contribution is 7.92. The van der Waals surface area contributed by atoms with E-state index >= 15 is 0 Å². The third kappa shape index (κ3) is 8.40. The monoisotopic (exact) mass is 651 g/mol. The van der Waals surface area contributed by atoms with Gasteiger partial charge in [-0.15, -0.1) is 0 Å². The van der Waals surface area contributed by atoms with Crippen LogP contribution in [0.3, 0.4) is 0 Å². The van der Waals surface area contributed by atoms with E-state index in [9.17, 15) is 22.4 Å². The van der Waals surface area contributed by atoms with Crippen LogP contribution in [0.25, 0.3) is 0 Å². The Balaban J connectivity index is 1.81. The Hall–Kier alpha value is -4.41. The van der Waals surface area contributed by atoms with Crippen LogP contribution in [0, 0.1) is 12.7 Å². The number of likely N-dealkylation sites (N-methyl/N-ethyl adjacent to an activating group) is 1. The van der Waals surface area contributed by atoms with Crippen LogP contribution < -0.4 is 14.4 Å². The van der Waals surface area contributed by atoms with Gasteiger partial charge in [0.05, 0.1) is 22.7 Å². The lowest BCUT2D eigenvalue weighted by molar-refractivity contribution is -0.140. The Labute approximate surface area is 268 Å². The molecule has 0 unspecified atom stereocenters. The van der Waals surface area contributed by atoms with E-state index in [1.807, 2.05) is 37.3 Å². The molecule has 0 radical (unpaired) electrons. The van der Waals surface area contributed by atoms with Crippen LogP contribution in [0.4, 0.5) is 10.1 Å². The van der Waals surface area contributed by atoms with Crippen molar-refractivity contribution >= 4 is 39.1 Å². The van der Waals surface area contributed by atoms with E-state index in [0.717, 1.165) is 15.4 Å².